The van der Waals surface area contributed by atoms with Crippen LogP contribution in [-0.2, 0) is 13.0 Å². The molecule has 3 rings (SSSR count). The highest BCUT2D eigenvalue weighted by molar-refractivity contribution is 5.85. The molecule has 0 atom stereocenters. The SMILES string of the molecule is COc1cc(Nc2ncc3c(n2)CCNC3)cc(OC)c1.Cl. The van der Waals surface area contributed by atoms with Gasteiger partial charge in [-0.25, -0.2) is 9.97 Å². The number of halogens is 1. The molecule has 2 N–H and O–H groups in total. The van der Waals surface area contributed by atoms with Gasteiger partial charge in [-0.05, 0) is 0 Å². The largest absolute Gasteiger partial charge is 0.497 e. The lowest BCUT2D eigenvalue weighted by Gasteiger charge is -2.16. The zero-order chi connectivity index (χ0) is 14.7. The molecule has 7 heteroatoms. The molecule has 1 aliphatic rings. The van der Waals surface area contributed by atoms with Crippen LogP contribution in [0.2, 0.25) is 0 Å². The van der Waals surface area contributed by atoms with Crippen LogP contribution in [0.25, 0.3) is 0 Å². The number of fused-ring (bicyclic) bond motifs is 1. The number of aromatic nitrogens is 2. The number of hydrogen-bond acceptors (Lipinski definition) is 6. The van der Waals surface area contributed by atoms with E-state index in [9.17, 15) is 0 Å². The van der Waals surface area contributed by atoms with Gasteiger partial charge in [0.15, 0.2) is 0 Å². The quantitative estimate of drug-likeness (QED) is 0.900. The van der Waals surface area contributed by atoms with Crippen LogP contribution < -0.4 is 20.1 Å². The molecule has 0 saturated heterocycles. The fourth-order valence-electron chi connectivity index (χ4n) is 2.30. The summed E-state index contributed by atoms with van der Waals surface area (Å²) in [6.07, 6.45) is 2.79. The van der Waals surface area contributed by atoms with Crippen LogP contribution in [0.5, 0.6) is 11.5 Å². The maximum absolute atomic E-state index is 5.26. The Morgan fingerprint density at radius 2 is 1.86 bits per heavy atom. The van der Waals surface area contributed by atoms with Gasteiger partial charge < -0.3 is 20.1 Å². The van der Waals surface area contributed by atoms with Gasteiger partial charge in [-0.3, -0.25) is 0 Å². The van der Waals surface area contributed by atoms with E-state index in [2.05, 4.69) is 20.6 Å². The summed E-state index contributed by atoms with van der Waals surface area (Å²) in [6.45, 7) is 1.79. The van der Waals surface area contributed by atoms with Gasteiger partial charge in [-0.1, -0.05) is 0 Å². The Balaban J connectivity index is 0.00000176. The first-order valence-electron chi connectivity index (χ1n) is 6.84. The second kappa shape index (κ2) is 7.29. The Labute approximate surface area is 135 Å². The van der Waals surface area contributed by atoms with E-state index >= 15 is 0 Å². The number of ether oxygens (including phenoxy) is 2. The summed E-state index contributed by atoms with van der Waals surface area (Å²) >= 11 is 0. The Hall–Kier alpha value is -2.05. The zero-order valence-electron chi connectivity index (χ0n) is 12.5. The van der Waals surface area contributed by atoms with E-state index in [0.717, 1.165) is 48.0 Å². The Morgan fingerprint density at radius 1 is 1.14 bits per heavy atom. The van der Waals surface area contributed by atoms with Gasteiger partial charge in [0.2, 0.25) is 5.95 Å². The highest BCUT2D eigenvalue weighted by atomic mass is 35.5. The van der Waals surface area contributed by atoms with Crippen molar-refractivity contribution in [2.75, 3.05) is 26.1 Å². The second-order valence-electron chi connectivity index (χ2n) is 4.82. The number of hydrogen-bond donors (Lipinski definition) is 2. The summed E-state index contributed by atoms with van der Waals surface area (Å²) in [5, 5.41) is 6.51. The zero-order valence-corrected chi connectivity index (χ0v) is 13.4. The number of nitrogens with zero attached hydrogens (tertiary/aromatic N) is 2. The Morgan fingerprint density at radius 3 is 2.55 bits per heavy atom. The summed E-state index contributed by atoms with van der Waals surface area (Å²) in [6, 6.07) is 5.59. The molecule has 0 spiro atoms. The Kier molecular flexibility index (Phi) is 5.41. The number of anilines is 2. The first-order chi connectivity index (χ1) is 10.3. The molecular weight excluding hydrogens is 304 g/mol. The second-order valence-corrected chi connectivity index (χ2v) is 4.82. The fraction of sp³-hybridized carbons (Fsp3) is 0.333. The third-order valence-electron chi connectivity index (χ3n) is 3.42. The third kappa shape index (κ3) is 3.58. The molecule has 0 aliphatic carbocycles. The van der Waals surface area contributed by atoms with Crippen molar-refractivity contribution in [1.29, 1.82) is 0 Å². The molecule has 6 nitrogen and oxygen atoms in total. The smallest absolute Gasteiger partial charge is 0.227 e. The maximum Gasteiger partial charge on any atom is 0.227 e. The molecule has 1 aliphatic heterocycles. The normalized spacial score (nSPS) is 12.8. The van der Waals surface area contributed by atoms with Crippen LogP contribution in [0.3, 0.4) is 0 Å². The van der Waals surface area contributed by atoms with Gasteiger partial charge in [-0.2, -0.15) is 0 Å². The first-order valence-corrected chi connectivity index (χ1v) is 6.84. The fourth-order valence-corrected chi connectivity index (χ4v) is 2.30. The predicted molar refractivity (Wildman–Crippen MR) is 87.5 cm³/mol. The van der Waals surface area contributed by atoms with Crippen molar-refractivity contribution >= 4 is 24.0 Å². The van der Waals surface area contributed by atoms with Gasteiger partial charge >= 0.3 is 0 Å². The molecule has 2 aromatic rings. The van der Waals surface area contributed by atoms with Gasteiger partial charge in [0.1, 0.15) is 11.5 Å². The molecule has 1 aromatic carbocycles. The summed E-state index contributed by atoms with van der Waals surface area (Å²) in [7, 11) is 3.25. The van der Waals surface area contributed by atoms with E-state index in [1.807, 2.05) is 24.4 Å². The minimum atomic E-state index is 0. The van der Waals surface area contributed by atoms with Crippen LogP contribution in [-0.4, -0.2) is 30.7 Å². The van der Waals surface area contributed by atoms with E-state index in [1.165, 1.54) is 0 Å². The van der Waals surface area contributed by atoms with E-state index in [-0.39, 0.29) is 12.4 Å². The van der Waals surface area contributed by atoms with Crippen molar-refractivity contribution in [2.45, 2.75) is 13.0 Å². The molecule has 2 heterocycles. The summed E-state index contributed by atoms with van der Waals surface area (Å²) in [4.78, 5) is 8.93. The van der Waals surface area contributed by atoms with Crippen LogP contribution in [0.1, 0.15) is 11.3 Å². The standard InChI is InChI=1S/C15H18N4O2.ClH/c1-20-12-5-11(6-13(7-12)21-2)18-15-17-9-10-8-16-4-3-14(10)19-15;/h5-7,9,16H,3-4,8H2,1-2H3,(H,17,18,19);1H. The van der Waals surface area contributed by atoms with Crippen molar-refractivity contribution in [1.82, 2.24) is 15.3 Å². The van der Waals surface area contributed by atoms with Gasteiger partial charge in [0, 0.05) is 55.2 Å². The van der Waals surface area contributed by atoms with Crippen molar-refractivity contribution in [3.63, 3.8) is 0 Å². The minimum absolute atomic E-state index is 0. The lowest BCUT2D eigenvalue weighted by Crippen LogP contribution is -2.25. The van der Waals surface area contributed by atoms with E-state index < -0.39 is 0 Å². The number of nitrogens with one attached hydrogen (secondary N) is 2. The number of benzene rings is 1. The molecule has 0 radical (unpaired) electrons. The van der Waals surface area contributed by atoms with Crippen molar-refractivity contribution in [2.24, 2.45) is 0 Å². The first kappa shape index (κ1) is 16.3. The van der Waals surface area contributed by atoms with Gasteiger partial charge in [0.05, 0.1) is 19.9 Å². The summed E-state index contributed by atoms with van der Waals surface area (Å²) in [5.74, 6) is 2.03. The monoisotopic (exact) mass is 322 g/mol. The lowest BCUT2D eigenvalue weighted by atomic mass is 10.1. The third-order valence-corrected chi connectivity index (χ3v) is 3.42. The van der Waals surface area contributed by atoms with Crippen molar-refractivity contribution < 1.29 is 9.47 Å². The molecule has 0 saturated carbocycles. The maximum atomic E-state index is 5.26. The average molecular weight is 323 g/mol. The van der Waals surface area contributed by atoms with Crippen molar-refractivity contribution in [3.05, 3.63) is 35.7 Å². The van der Waals surface area contributed by atoms with Gasteiger partial charge in [0.25, 0.3) is 0 Å². The van der Waals surface area contributed by atoms with E-state index in [0.29, 0.717) is 5.95 Å². The lowest BCUT2D eigenvalue weighted by molar-refractivity contribution is 0.395. The highest BCUT2D eigenvalue weighted by Gasteiger charge is 2.12. The topological polar surface area (TPSA) is 68.3 Å². The molecule has 22 heavy (non-hydrogen) atoms. The van der Waals surface area contributed by atoms with Crippen LogP contribution in [0.4, 0.5) is 11.6 Å². The molecule has 0 amide bonds. The molecule has 0 bridgehead atoms. The minimum Gasteiger partial charge on any atom is -0.497 e. The predicted octanol–water partition coefficient (Wildman–Crippen LogP) is 2.30. The number of rotatable bonds is 4. The van der Waals surface area contributed by atoms with Crippen LogP contribution >= 0.6 is 12.4 Å². The van der Waals surface area contributed by atoms with Gasteiger partial charge in [-0.15, -0.1) is 12.4 Å². The average Bonchev–Trinajstić information content (AvgIpc) is 2.54. The van der Waals surface area contributed by atoms with Crippen LogP contribution in [0.15, 0.2) is 24.4 Å². The summed E-state index contributed by atoms with van der Waals surface area (Å²) < 4.78 is 10.5. The van der Waals surface area contributed by atoms with E-state index in [4.69, 9.17) is 9.47 Å². The van der Waals surface area contributed by atoms with Crippen molar-refractivity contribution in [3.8, 4) is 11.5 Å². The van der Waals surface area contributed by atoms with E-state index in [1.54, 1.807) is 14.2 Å². The highest BCUT2D eigenvalue weighted by Crippen LogP contribution is 2.27. The molecular formula is C15H19ClN4O2. The summed E-state index contributed by atoms with van der Waals surface area (Å²) in [5.41, 5.74) is 3.09. The molecule has 118 valence electrons. The molecule has 0 fully saturated rings. The number of methoxy groups -OCH3 is 2. The molecule has 1 aromatic heterocycles. The molecule has 0 unspecified atom stereocenters. The van der Waals surface area contributed by atoms with Crippen LogP contribution in [0, 0.1) is 0 Å². The Bertz CT molecular complexity index is 629.